The number of rotatable bonds is 6. The number of ether oxygens (including phenoxy) is 1. The monoisotopic (exact) mass is 502 g/mol. The maximum atomic E-state index is 14.3. The number of hydrogen-bond acceptors (Lipinski definition) is 6. The highest BCUT2D eigenvalue weighted by molar-refractivity contribution is 5.95. The second-order valence-corrected chi connectivity index (χ2v) is 7.72. The molecule has 0 aliphatic rings. The molecule has 0 saturated carbocycles. The number of alkyl halides is 3. The molecular weight excluding hydrogens is 484 g/mol. The maximum Gasteiger partial charge on any atom is 0.573 e. The van der Waals surface area contributed by atoms with Gasteiger partial charge in [0.2, 0.25) is 5.91 Å². The Morgan fingerprint density at radius 3 is 2.61 bits per heavy atom. The smallest absolute Gasteiger partial charge is 0.406 e. The van der Waals surface area contributed by atoms with E-state index in [0.29, 0.717) is 22.7 Å². The van der Waals surface area contributed by atoms with Crippen molar-refractivity contribution in [1.29, 1.82) is 0 Å². The highest BCUT2D eigenvalue weighted by Crippen LogP contribution is 2.28. The van der Waals surface area contributed by atoms with Crippen molar-refractivity contribution in [3.05, 3.63) is 71.9 Å². The molecule has 0 radical (unpaired) electrons. The summed E-state index contributed by atoms with van der Waals surface area (Å²) in [5.41, 5.74) is 1.36. The van der Waals surface area contributed by atoms with Crippen molar-refractivity contribution >= 4 is 23.3 Å². The number of imidazole rings is 1. The molecule has 4 aromatic rings. The van der Waals surface area contributed by atoms with Crippen LogP contribution in [0.4, 0.5) is 23.4 Å². The number of halogens is 4. The van der Waals surface area contributed by atoms with Gasteiger partial charge in [0.25, 0.3) is 5.91 Å². The van der Waals surface area contributed by atoms with Gasteiger partial charge in [-0.3, -0.25) is 14.6 Å². The first-order valence-electron chi connectivity index (χ1n) is 10.4. The Balaban J connectivity index is 1.53. The van der Waals surface area contributed by atoms with Gasteiger partial charge >= 0.3 is 6.36 Å². The van der Waals surface area contributed by atoms with Gasteiger partial charge in [-0.1, -0.05) is 0 Å². The minimum absolute atomic E-state index is 0.119. The zero-order valence-corrected chi connectivity index (χ0v) is 18.8. The number of carbonyl (C=O) groups excluding carboxylic acids is 2. The predicted octanol–water partition coefficient (Wildman–Crippen LogP) is 4.28. The highest BCUT2D eigenvalue weighted by atomic mass is 19.4. The molecule has 0 fully saturated rings. The van der Waals surface area contributed by atoms with Crippen LogP contribution in [0.2, 0.25) is 0 Å². The normalized spacial score (nSPS) is 12.3. The highest BCUT2D eigenvalue weighted by Gasteiger charge is 2.31. The molecule has 0 saturated heterocycles. The maximum absolute atomic E-state index is 14.3. The van der Waals surface area contributed by atoms with E-state index in [1.54, 1.807) is 12.1 Å². The van der Waals surface area contributed by atoms with E-state index in [4.69, 9.17) is 0 Å². The van der Waals surface area contributed by atoms with Crippen LogP contribution in [-0.4, -0.2) is 37.8 Å². The van der Waals surface area contributed by atoms with Crippen LogP contribution in [0.3, 0.4) is 0 Å². The van der Waals surface area contributed by atoms with Crippen LogP contribution in [0, 0.1) is 5.82 Å². The lowest BCUT2D eigenvalue weighted by molar-refractivity contribution is -0.274. The minimum atomic E-state index is -4.94. The summed E-state index contributed by atoms with van der Waals surface area (Å²) in [5, 5.41) is 9.51. The third-order valence-corrected chi connectivity index (χ3v) is 4.94. The Morgan fingerprint density at radius 1 is 1.11 bits per heavy atom. The second-order valence-electron chi connectivity index (χ2n) is 7.72. The van der Waals surface area contributed by atoms with Crippen molar-refractivity contribution in [2.75, 3.05) is 5.32 Å². The summed E-state index contributed by atoms with van der Waals surface area (Å²) in [5.74, 6) is -2.00. The van der Waals surface area contributed by atoms with Gasteiger partial charge in [-0.25, -0.2) is 13.9 Å². The van der Waals surface area contributed by atoms with E-state index >= 15 is 0 Å². The Labute approximate surface area is 201 Å². The lowest BCUT2D eigenvalue weighted by atomic mass is 10.1. The SMILES string of the molecule is CC(=O)Nc1cn2nc(-c3cncc(C(=O)NC(C)c4cc(OC(F)(F)F)ccc4F)c3)ccc2n1. The predicted molar refractivity (Wildman–Crippen MR) is 119 cm³/mol. The van der Waals surface area contributed by atoms with E-state index in [0.717, 1.165) is 18.2 Å². The van der Waals surface area contributed by atoms with Gasteiger partial charge in [0.05, 0.1) is 23.5 Å². The number of carbonyl (C=O) groups is 2. The number of pyridine rings is 1. The molecular formula is C23H18F4N6O3. The lowest BCUT2D eigenvalue weighted by Gasteiger charge is -2.17. The standard InChI is InChI=1S/C23H18F4N6O3/c1-12(17-8-16(3-4-18(17)24)36-23(25,26)27)29-22(35)15-7-14(9-28-10-15)19-5-6-21-31-20(30-13(2)34)11-33(21)32-19/h3-12H,1-2H3,(H,29,35)(H,30,34). The molecule has 186 valence electrons. The minimum Gasteiger partial charge on any atom is -0.406 e. The lowest BCUT2D eigenvalue weighted by Crippen LogP contribution is -2.27. The number of amides is 2. The molecule has 0 spiro atoms. The summed E-state index contributed by atoms with van der Waals surface area (Å²) >= 11 is 0. The quantitative estimate of drug-likeness (QED) is 0.381. The number of nitrogens with zero attached hydrogens (tertiary/aromatic N) is 4. The number of anilines is 1. The first kappa shape index (κ1) is 24.6. The van der Waals surface area contributed by atoms with Crippen LogP contribution in [0.1, 0.15) is 35.8 Å². The van der Waals surface area contributed by atoms with Crippen LogP contribution in [0.25, 0.3) is 16.9 Å². The van der Waals surface area contributed by atoms with E-state index in [2.05, 4.69) is 30.4 Å². The third kappa shape index (κ3) is 5.74. The van der Waals surface area contributed by atoms with Crippen molar-refractivity contribution < 1.29 is 31.9 Å². The molecule has 2 amide bonds. The topological polar surface area (TPSA) is 111 Å². The van der Waals surface area contributed by atoms with Gasteiger partial charge in [0, 0.05) is 30.4 Å². The van der Waals surface area contributed by atoms with E-state index in [1.165, 1.54) is 43.0 Å². The fraction of sp³-hybridized carbons (Fsp3) is 0.174. The summed E-state index contributed by atoms with van der Waals surface area (Å²) in [7, 11) is 0. The van der Waals surface area contributed by atoms with Gasteiger partial charge in [-0.05, 0) is 43.3 Å². The number of nitrogens with one attached hydrogen (secondary N) is 2. The van der Waals surface area contributed by atoms with Crippen LogP contribution in [-0.2, 0) is 4.79 Å². The molecule has 3 heterocycles. The molecule has 3 aromatic heterocycles. The van der Waals surface area contributed by atoms with Crippen molar-refractivity contribution in [1.82, 2.24) is 24.9 Å². The van der Waals surface area contributed by atoms with E-state index in [1.807, 2.05) is 0 Å². The Bertz CT molecular complexity index is 1450. The average Bonchev–Trinajstić information content (AvgIpc) is 3.20. The molecule has 1 aromatic carbocycles. The van der Waals surface area contributed by atoms with Crippen molar-refractivity contribution in [3.8, 4) is 17.0 Å². The van der Waals surface area contributed by atoms with E-state index in [9.17, 15) is 27.2 Å². The fourth-order valence-corrected chi connectivity index (χ4v) is 3.39. The summed E-state index contributed by atoms with van der Waals surface area (Å²) in [4.78, 5) is 32.3. The molecule has 4 rings (SSSR count). The number of hydrogen-bond donors (Lipinski definition) is 2. The molecule has 9 nitrogen and oxygen atoms in total. The summed E-state index contributed by atoms with van der Waals surface area (Å²) < 4.78 is 57.0. The molecule has 13 heteroatoms. The summed E-state index contributed by atoms with van der Waals surface area (Å²) in [6, 6.07) is 6.40. The van der Waals surface area contributed by atoms with Gasteiger partial charge < -0.3 is 15.4 Å². The molecule has 1 atom stereocenters. The van der Waals surface area contributed by atoms with Crippen LogP contribution >= 0.6 is 0 Å². The van der Waals surface area contributed by atoms with Gasteiger partial charge in [0.1, 0.15) is 11.6 Å². The molecule has 0 aliphatic heterocycles. The largest absolute Gasteiger partial charge is 0.573 e. The van der Waals surface area contributed by atoms with Crippen molar-refractivity contribution in [2.45, 2.75) is 26.3 Å². The van der Waals surface area contributed by atoms with Crippen LogP contribution < -0.4 is 15.4 Å². The van der Waals surface area contributed by atoms with Gasteiger partial charge in [0.15, 0.2) is 11.5 Å². The van der Waals surface area contributed by atoms with Crippen molar-refractivity contribution in [2.24, 2.45) is 0 Å². The van der Waals surface area contributed by atoms with Gasteiger partial charge in [-0.15, -0.1) is 13.2 Å². The first-order chi connectivity index (χ1) is 17.0. The third-order valence-electron chi connectivity index (χ3n) is 4.94. The summed E-state index contributed by atoms with van der Waals surface area (Å²) in [6.45, 7) is 2.78. The Kier molecular flexibility index (Phi) is 6.55. The zero-order chi connectivity index (χ0) is 26.0. The molecule has 36 heavy (non-hydrogen) atoms. The number of aromatic nitrogens is 4. The van der Waals surface area contributed by atoms with Crippen molar-refractivity contribution in [3.63, 3.8) is 0 Å². The zero-order valence-electron chi connectivity index (χ0n) is 18.8. The molecule has 0 aliphatic carbocycles. The average molecular weight is 502 g/mol. The van der Waals surface area contributed by atoms with Gasteiger partial charge in [-0.2, -0.15) is 5.10 Å². The van der Waals surface area contributed by atoms with Crippen LogP contribution in [0.5, 0.6) is 5.75 Å². The second kappa shape index (κ2) is 9.60. The number of benzene rings is 1. The van der Waals surface area contributed by atoms with E-state index in [-0.39, 0.29) is 17.0 Å². The first-order valence-corrected chi connectivity index (χ1v) is 10.4. The Morgan fingerprint density at radius 2 is 1.89 bits per heavy atom. The van der Waals surface area contributed by atoms with E-state index < -0.39 is 29.9 Å². The Hall–Kier alpha value is -4.55. The molecule has 0 bridgehead atoms. The summed E-state index contributed by atoms with van der Waals surface area (Å²) in [6.07, 6.45) is -0.641. The fourth-order valence-electron chi connectivity index (χ4n) is 3.39. The molecule has 1 unspecified atom stereocenters. The number of fused-ring (bicyclic) bond motifs is 1. The van der Waals surface area contributed by atoms with Crippen LogP contribution in [0.15, 0.2) is 55.0 Å². The molecule has 2 N–H and O–H groups in total.